The first-order valence-corrected chi connectivity index (χ1v) is 9.97. The third-order valence-corrected chi connectivity index (χ3v) is 5.55. The first kappa shape index (κ1) is 19.1. The molecular formula is C17H18N6O2S2. The highest BCUT2D eigenvalue weighted by atomic mass is 32.2. The second-order valence-corrected chi connectivity index (χ2v) is 7.76. The van der Waals surface area contributed by atoms with Gasteiger partial charge in [0.15, 0.2) is 0 Å². The molecule has 0 aliphatic rings. The Hall–Kier alpha value is -2.72. The first-order valence-electron chi connectivity index (χ1n) is 8.10. The second kappa shape index (κ2) is 8.78. The van der Waals surface area contributed by atoms with Crippen LogP contribution in [0.5, 0.6) is 0 Å². The Morgan fingerprint density at radius 2 is 2.07 bits per heavy atom. The highest BCUT2D eigenvalue weighted by Crippen LogP contribution is 2.17. The van der Waals surface area contributed by atoms with E-state index in [9.17, 15) is 9.59 Å². The van der Waals surface area contributed by atoms with Crippen LogP contribution in [0.25, 0.3) is 0 Å². The lowest BCUT2D eigenvalue weighted by Gasteiger charge is -2.08. The number of nitrogens with one attached hydrogen (secondary N) is 2. The molecular weight excluding hydrogens is 384 g/mol. The van der Waals surface area contributed by atoms with Crippen molar-refractivity contribution in [2.75, 3.05) is 11.1 Å². The summed E-state index contributed by atoms with van der Waals surface area (Å²) in [6, 6.07) is 8.94. The summed E-state index contributed by atoms with van der Waals surface area (Å²) in [6.07, 6.45) is 0. The van der Waals surface area contributed by atoms with Crippen LogP contribution in [0.2, 0.25) is 0 Å². The van der Waals surface area contributed by atoms with Crippen LogP contribution in [-0.2, 0) is 11.3 Å². The summed E-state index contributed by atoms with van der Waals surface area (Å²) < 4.78 is 1.62. The molecule has 2 heterocycles. The molecule has 3 amide bonds. The molecule has 0 atom stereocenters. The van der Waals surface area contributed by atoms with Gasteiger partial charge in [0, 0.05) is 10.6 Å². The number of aromatic nitrogens is 4. The minimum absolute atomic E-state index is 0.0329. The Morgan fingerprint density at radius 3 is 2.81 bits per heavy atom. The molecule has 3 rings (SSSR count). The first-order chi connectivity index (χ1) is 13.0. The van der Waals surface area contributed by atoms with E-state index in [1.807, 2.05) is 43.5 Å². The van der Waals surface area contributed by atoms with E-state index in [-0.39, 0.29) is 5.75 Å². The van der Waals surface area contributed by atoms with E-state index in [0.717, 1.165) is 16.0 Å². The van der Waals surface area contributed by atoms with Crippen molar-refractivity contribution in [3.05, 3.63) is 51.7 Å². The zero-order valence-electron chi connectivity index (χ0n) is 14.8. The fraction of sp³-hybridized carbons (Fsp3) is 0.235. The minimum atomic E-state index is -0.568. The summed E-state index contributed by atoms with van der Waals surface area (Å²) in [6.45, 7) is 4.49. The number of hydrogen-bond donors (Lipinski definition) is 2. The maximum atomic E-state index is 12.0. The minimum Gasteiger partial charge on any atom is -0.308 e. The van der Waals surface area contributed by atoms with E-state index in [1.54, 1.807) is 22.1 Å². The van der Waals surface area contributed by atoms with Crippen LogP contribution in [0.4, 0.5) is 10.5 Å². The Labute approximate surface area is 164 Å². The number of urea groups is 1. The maximum Gasteiger partial charge on any atom is 0.325 e. The van der Waals surface area contributed by atoms with Gasteiger partial charge < -0.3 is 5.32 Å². The Kier molecular flexibility index (Phi) is 6.20. The van der Waals surface area contributed by atoms with E-state index < -0.39 is 11.9 Å². The standard InChI is InChI=1S/C17H18N6O2S2/c1-11-5-6-13(8-12(11)2)18-16(25)19-15(24)10-27-17-20-21-22-23(17)9-14-4-3-7-26-14/h3-8H,9-10H2,1-2H3,(H2,18,19,24,25). The number of anilines is 1. The zero-order chi connectivity index (χ0) is 19.2. The summed E-state index contributed by atoms with van der Waals surface area (Å²) in [5.41, 5.74) is 2.83. The predicted octanol–water partition coefficient (Wildman–Crippen LogP) is 2.84. The Bertz CT molecular complexity index is 939. The summed E-state index contributed by atoms with van der Waals surface area (Å²) in [5, 5.41) is 19.0. The molecule has 1 aromatic carbocycles. The number of amides is 3. The zero-order valence-corrected chi connectivity index (χ0v) is 16.4. The van der Waals surface area contributed by atoms with Crippen molar-refractivity contribution in [2.24, 2.45) is 0 Å². The van der Waals surface area contributed by atoms with Gasteiger partial charge in [-0.05, 0) is 59.0 Å². The second-order valence-electron chi connectivity index (χ2n) is 5.79. The molecule has 10 heteroatoms. The Balaban J connectivity index is 1.49. The number of carbonyl (C=O) groups is 2. The van der Waals surface area contributed by atoms with Crippen LogP contribution in [0.1, 0.15) is 16.0 Å². The monoisotopic (exact) mass is 402 g/mol. The van der Waals surface area contributed by atoms with Crippen LogP contribution in [0.3, 0.4) is 0 Å². The normalized spacial score (nSPS) is 10.6. The van der Waals surface area contributed by atoms with Crippen molar-refractivity contribution in [3.63, 3.8) is 0 Å². The molecule has 2 N–H and O–H groups in total. The summed E-state index contributed by atoms with van der Waals surface area (Å²) in [4.78, 5) is 25.1. The highest BCUT2D eigenvalue weighted by molar-refractivity contribution is 7.99. The van der Waals surface area contributed by atoms with Gasteiger partial charge in [0.2, 0.25) is 11.1 Å². The number of imide groups is 1. The van der Waals surface area contributed by atoms with Crippen LogP contribution in [0.15, 0.2) is 40.9 Å². The van der Waals surface area contributed by atoms with Gasteiger partial charge in [-0.25, -0.2) is 9.48 Å². The van der Waals surface area contributed by atoms with Gasteiger partial charge in [-0.2, -0.15) is 0 Å². The van der Waals surface area contributed by atoms with Gasteiger partial charge in [-0.15, -0.1) is 16.4 Å². The van der Waals surface area contributed by atoms with Gasteiger partial charge in [-0.3, -0.25) is 10.1 Å². The molecule has 0 spiro atoms. The van der Waals surface area contributed by atoms with Crippen molar-refractivity contribution >= 4 is 40.7 Å². The van der Waals surface area contributed by atoms with Crippen molar-refractivity contribution in [1.82, 2.24) is 25.5 Å². The van der Waals surface area contributed by atoms with Crippen LogP contribution in [0, 0.1) is 13.8 Å². The number of thiophene rings is 1. The number of thioether (sulfide) groups is 1. The Morgan fingerprint density at radius 1 is 1.22 bits per heavy atom. The van der Waals surface area contributed by atoms with E-state index in [1.165, 1.54) is 11.8 Å². The quantitative estimate of drug-likeness (QED) is 0.615. The molecule has 140 valence electrons. The fourth-order valence-electron chi connectivity index (χ4n) is 2.22. The number of aryl methyl sites for hydroxylation is 2. The number of hydrogen-bond acceptors (Lipinski definition) is 7. The van der Waals surface area contributed by atoms with Gasteiger partial charge in [-0.1, -0.05) is 23.9 Å². The SMILES string of the molecule is Cc1ccc(NC(=O)NC(=O)CSc2nnnn2Cc2cccs2)cc1C. The maximum absolute atomic E-state index is 12.0. The molecule has 8 nitrogen and oxygen atoms in total. The third kappa shape index (κ3) is 5.38. The van der Waals surface area contributed by atoms with E-state index >= 15 is 0 Å². The molecule has 27 heavy (non-hydrogen) atoms. The summed E-state index contributed by atoms with van der Waals surface area (Å²) >= 11 is 2.78. The molecule has 0 unspecified atom stereocenters. The molecule has 0 saturated carbocycles. The average molecular weight is 403 g/mol. The van der Waals surface area contributed by atoms with E-state index in [4.69, 9.17) is 0 Å². The molecule has 2 aromatic heterocycles. The van der Waals surface area contributed by atoms with Crippen molar-refractivity contribution in [3.8, 4) is 0 Å². The van der Waals surface area contributed by atoms with Crippen molar-refractivity contribution < 1.29 is 9.59 Å². The van der Waals surface area contributed by atoms with E-state index in [0.29, 0.717) is 17.4 Å². The van der Waals surface area contributed by atoms with Crippen LogP contribution < -0.4 is 10.6 Å². The summed E-state index contributed by atoms with van der Waals surface area (Å²) in [7, 11) is 0. The third-order valence-electron chi connectivity index (χ3n) is 3.73. The molecule has 3 aromatic rings. The molecule has 0 aliphatic heterocycles. The van der Waals surface area contributed by atoms with Crippen LogP contribution in [-0.4, -0.2) is 37.9 Å². The number of tetrazole rings is 1. The molecule has 0 radical (unpaired) electrons. The number of nitrogens with zero attached hydrogens (tertiary/aromatic N) is 4. The van der Waals surface area contributed by atoms with Crippen molar-refractivity contribution in [2.45, 2.75) is 25.5 Å². The fourth-order valence-corrected chi connectivity index (χ4v) is 3.59. The van der Waals surface area contributed by atoms with Gasteiger partial charge >= 0.3 is 6.03 Å². The molecule has 0 aliphatic carbocycles. The smallest absolute Gasteiger partial charge is 0.308 e. The predicted molar refractivity (Wildman–Crippen MR) is 105 cm³/mol. The number of rotatable bonds is 6. The topological polar surface area (TPSA) is 102 Å². The molecule has 0 bridgehead atoms. The summed E-state index contributed by atoms with van der Waals surface area (Å²) in [5.74, 6) is -0.391. The van der Waals surface area contributed by atoms with Gasteiger partial charge in [0.25, 0.3) is 0 Å². The number of carbonyl (C=O) groups excluding carboxylic acids is 2. The lowest BCUT2D eigenvalue weighted by Crippen LogP contribution is -2.35. The van der Waals surface area contributed by atoms with Crippen molar-refractivity contribution in [1.29, 1.82) is 0 Å². The lowest BCUT2D eigenvalue weighted by molar-refractivity contribution is -0.117. The average Bonchev–Trinajstić information content (AvgIpc) is 3.29. The van der Waals surface area contributed by atoms with E-state index in [2.05, 4.69) is 26.2 Å². The number of benzene rings is 1. The van der Waals surface area contributed by atoms with Gasteiger partial charge in [0.05, 0.1) is 12.3 Å². The van der Waals surface area contributed by atoms with Crippen LogP contribution >= 0.6 is 23.1 Å². The molecule has 0 saturated heterocycles. The largest absolute Gasteiger partial charge is 0.325 e. The highest BCUT2D eigenvalue weighted by Gasteiger charge is 2.13. The van der Waals surface area contributed by atoms with Gasteiger partial charge in [0.1, 0.15) is 0 Å². The molecule has 0 fully saturated rings. The lowest BCUT2D eigenvalue weighted by atomic mass is 10.1.